The van der Waals surface area contributed by atoms with Crippen LogP contribution in [-0.2, 0) is 0 Å². The molecule has 17 heavy (non-hydrogen) atoms. The molecule has 1 aromatic heterocycles. The molecule has 1 heterocycles. The van der Waals surface area contributed by atoms with Gasteiger partial charge in [0.15, 0.2) is 0 Å². The zero-order chi connectivity index (χ0) is 12.8. The van der Waals surface area contributed by atoms with Gasteiger partial charge in [-0.2, -0.15) is 0 Å². The maximum atomic E-state index is 10.6. The smallest absolute Gasteiger partial charge is 0.358 e. The van der Waals surface area contributed by atoms with Crippen molar-refractivity contribution in [3.05, 3.63) is 56.8 Å². The molecule has 1 N–H and O–H groups in total. The molecule has 0 unspecified atom stereocenters. The van der Waals surface area contributed by atoms with Gasteiger partial charge in [0, 0.05) is 0 Å². The molecule has 1 aromatic carbocycles. The molecule has 0 aliphatic heterocycles. The van der Waals surface area contributed by atoms with Gasteiger partial charge >= 0.3 is 5.82 Å². The maximum Gasteiger partial charge on any atom is 0.371 e. The van der Waals surface area contributed by atoms with Crippen LogP contribution >= 0.6 is 0 Å². The number of nitro groups is 1. The predicted molar refractivity (Wildman–Crippen MR) is 57.2 cm³/mol. The summed E-state index contributed by atoms with van der Waals surface area (Å²) in [5.41, 5.74) is 0. The van der Waals surface area contributed by atoms with Gasteiger partial charge < -0.3 is 15.3 Å². The van der Waals surface area contributed by atoms with Crippen molar-refractivity contribution in [2.24, 2.45) is 0 Å². The third-order valence-electron chi connectivity index (χ3n) is 1.83. The van der Waals surface area contributed by atoms with E-state index in [1.54, 1.807) is 18.2 Å². The molecular formula is C9H7N3O5. The van der Waals surface area contributed by atoms with E-state index in [0.717, 1.165) is 5.39 Å². The fourth-order valence-corrected chi connectivity index (χ4v) is 1.25. The first-order chi connectivity index (χ1) is 8.02. The highest BCUT2D eigenvalue weighted by molar-refractivity contribution is 5.88. The number of fused-ring (bicyclic) bond motifs is 1. The second-order valence-electron chi connectivity index (χ2n) is 2.85. The first-order valence-electron chi connectivity index (χ1n) is 4.34. The minimum absolute atomic E-state index is 0.0851. The molecule has 0 amide bonds. The molecule has 0 saturated heterocycles. The monoisotopic (exact) mass is 237 g/mol. The molecule has 8 heteroatoms. The molecule has 0 spiro atoms. The summed E-state index contributed by atoms with van der Waals surface area (Å²) in [7, 11) is 0. The lowest BCUT2D eigenvalue weighted by Crippen LogP contribution is -1.92. The van der Waals surface area contributed by atoms with E-state index in [1.807, 2.05) is 12.1 Å². The SMILES string of the molecule is O=[N+]([O-])O.O=[N+]([O-])c1nccc2ccccc12. The van der Waals surface area contributed by atoms with Crippen LogP contribution in [-0.4, -0.2) is 20.2 Å². The molecule has 0 radical (unpaired) electrons. The van der Waals surface area contributed by atoms with Crippen LogP contribution in [0.4, 0.5) is 5.82 Å². The van der Waals surface area contributed by atoms with Gasteiger partial charge in [-0.1, -0.05) is 18.2 Å². The van der Waals surface area contributed by atoms with Crippen molar-refractivity contribution < 1.29 is 15.2 Å². The number of rotatable bonds is 1. The van der Waals surface area contributed by atoms with Gasteiger partial charge in [-0.15, -0.1) is 10.1 Å². The summed E-state index contributed by atoms with van der Waals surface area (Å²) in [5, 5.41) is 25.6. The van der Waals surface area contributed by atoms with Crippen molar-refractivity contribution in [1.82, 2.24) is 4.98 Å². The lowest BCUT2D eigenvalue weighted by atomic mass is 10.2. The zero-order valence-corrected chi connectivity index (χ0v) is 8.39. The Morgan fingerprint density at radius 3 is 2.29 bits per heavy atom. The van der Waals surface area contributed by atoms with Crippen molar-refractivity contribution in [2.75, 3.05) is 0 Å². The number of pyridine rings is 1. The molecule has 0 atom stereocenters. The van der Waals surface area contributed by atoms with Gasteiger partial charge in [0.05, 0.1) is 5.39 Å². The maximum absolute atomic E-state index is 10.6. The summed E-state index contributed by atoms with van der Waals surface area (Å²) < 4.78 is 0. The third-order valence-corrected chi connectivity index (χ3v) is 1.83. The molecule has 2 rings (SSSR count). The summed E-state index contributed by atoms with van der Waals surface area (Å²) >= 11 is 0. The second kappa shape index (κ2) is 5.35. The van der Waals surface area contributed by atoms with Crippen molar-refractivity contribution in [3.8, 4) is 0 Å². The predicted octanol–water partition coefficient (Wildman–Crippen LogP) is 1.80. The summed E-state index contributed by atoms with van der Waals surface area (Å²) in [6.45, 7) is 0. The molecule has 0 fully saturated rings. The Morgan fingerprint density at radius 2 is 1.71 bits per heavy atom. The minimum atomic E-state index is -1.50. The van der Waals surface area contributed by atoms with Gasteiger partial charge in [0.1, 0.15) is 6.20 Å². The van der Waals surface area contributed by atoms with Crippen LogP contribution in [0.2, 0.25) is 0 Å². The van der Waals surface area contributed by atoms with Gasteiger partial charge in [-0.05, 0) is 27.4 Å². The van der Waals surface area contributed by atoms with E-state index in [1.165, 1.54) is 6.20 Å². The van der Waals surface area contributed by atoms with Crippen molar-refractivity contribution >= 4 is 16.6 Å². The van der Waals surface area contributed by atoms with Crippen LogP contribution in [0.1, 0.15) is 0 Å². The Hall–Kier alpha value is -2.77. The van der Waals surface area contributed by atoms with Gasteiger partial charge in [0.25, 0.3) is 5.09 Å². The number of aromatic nitrogens is 1. The van der Waals surface area contributed by atoms with Crippen molar-refractivity contribution in [2.45, 2.75) is 0 Å². The quantitative estimate of drug-likeness (QED) is 0.596. The van der Waals surface area contributed by atoms with E-state index in [-0.39, 0.29) is 5.82 Å². The van der Waals surface area contributed by atoms with Crippen LogP contribution in [0, 0.1) is 20.2 Å². The second-order valence-corrected chi connectivity index (χ2v) is 2.85. The average Bonchev–Trinajstić information content (AvgIpc) is 2.27. The Kier molecular flexibility index (Phi) is 3.87. The van der Waals surface area contributed by atoms with E-state index < -0.39 is 10.0 Å². The molecule has 0 saturated carbocycles. The topological polar surface area (TPSA) is 119 Å². The van der Waals surface area contributed by atoms with Crippen LogP contribution in [0.5, 0.6) is 0 Å². The molecule has 0 aliphatic carbocycles. The highest BCUT2D eigenvalue weighted by Crippen LogP contribution is 2.21. The van der Waals surface area contributed by atoms with Crippen LogP contribution in [0.15, 0.2) is 36.5 Å². The van der Waals surface area contributed by atoms with E-state index in [9.17, 15) is 10.1 Å². The van der Waals surface area contributed by atoms with E-state index in [2.05, 4.69) is 4.98 Å². The van der Waals surface area contributed by atoms with E-state index in [4.69, 9.17) is 15.3 Å². The standard InChI is InChI=1S/C9H6N2O2.HNO3/c12-11(13)9-8-4-2-1-3-7(8)5-6-10-9;2-1(3)4/h1-6H;(H,2,3,4). The third kappa shape index (κ3) is 3.38. The van der Waals surface area contributed by atoms with E-state index >= 15 is 0 Å². The lowest BCUT2D eigenvalue weighted by Gasteiger charge is -1.96. The van der Waals surface area contributed by atoms with Crippen LogP contribution < -0.4 is 0 Å². The van der Waals surface area contributed by atoms with Crippen molar-refractivity contribution in [3.63, 3.8) is 0 Å². The molecule has 8 nitrogen and oxygen atoms in total. The van der Waals surface area contributed by atoms with E-state index in [0.29, 0.717) is 5.39 Å². The molecule has 0 aliphatic rings. The average molecular weight is 237 g/mol. The highest BCUT2D eigenvalue weighted by atomic mass is 16.9. The summed E-state index contributed by atoms with van der Waals surface area (Å²) in [6.07, 6.45) is 1.44. The largest absolute Gasteiger partial charge is 0.371 e. The molecule has 2 aromatic rings. The Balaban J connectivity index is 0.000000317. The Morgan fingerprint density at radius 1 is 1.12 bits per heavy atom. The normalized spacial score (nSPS) is 9.18. The first kappa shape index (κ1) is 12.3. The van der Waals surface area contributed by atoms with Gasteiger partial charge in [0.2, 0.25) is 0 Å². The fourth-order valence-electron chi connectivity index (χ4n) is 1.25. The number of nitrogens with zero attached hydrogens (tertiary/aromatic N) is 3. The molecule has 88 valence electrons. The summed E-state index contributed by atoms with van der Waals surface area (Å²) in [6, 6.07) is 8.87. The van der Waals surface area contributed by atoms with Crippen LogP contribution in [0.3, 0.4) is 0 Å². The highest BCUT2D eigenvalue weighted by Gasteiger charge is 2.10. The number of hydrogen-bond acceptors (Lipinski definition) is 5. The summed E-state index contributed by atoms with van der Waals surface area (Å²) in [4.78, 5) is 22.2. The number of hydrogen-bond donors (Lipinski definition) is 1. The molecule has 0 bridgehead atoms. The zero-order valence-electron chi connectivity index (χ0n) is 8.39. The lowest BCUT2D eigenvalue weighted by molar-refractivity contribution is -0.742. The summed E-state index contributed by atoms with van der Waals surface area (Å²) in [5.74, 6) is -0.0851. The minimum Gasteiger partial charge on any atom is -0.358 e. The fraction of sp³-hybridized carbons (Fsp3) is 0. The van der Waals surface area contributed by atoms with Gasteiger partial charge in [-0.25, -0.2) is 0 Å². The molecular weight excluding hydrogens is 230 g/mol. The Bertz CT molecular complexity index is 548. The van der Waals surface area contributed by atoms with Crippen molar-refractivity contribution in [1.29, 1.82) is 0 Å². The van der Waals surface area contributed by atoms with Gasteiger partial charge in [-0.3, -0.25) is 0 Å². The van der Waals surface area contributed by atoms with Crippen LogP contribution in [0.25, 0.3) is 10.8 Å². The first-order valence-corrected chi connectivity index (χ1v) is 4.34. The number of benzene rings is 1. The Labute approximate surface area is 94.4 Å².